The standard InChI is InChI=1S/C19H16O/c1-14-7-12-18(19(20)13-14)17-10-8-16(9-11-17)15-5-3-2-4-6-15/h2-13,20H,1H3. The van der Waals surface area contributed by atoms with Crippen LogP contribution in [0.3, 0.4) is 0 Å². The van der Waals surface area contributed by atoms with E-state index in [0.717, 1.165) is 16.7 Å². The lowest BCUT2D eigenvalue weighted by atomic mass is 9.99. The van der Waals surface area contributed by atoms with E-state index in [0.29, 0.717) is 5.75 Å². The quantitative estimate of drug-likeness (QED) is 0.684. The van der Waals surface area contributed by atoms with Crippen molar-refractivity contribution in [1.82, 2.24) is 0 Å². The minimum Gasteiger partial charge on any atom is -0.507 e. The molecule has 0 amide bonds. The molecule has 3 aromatic rings. The van der Waals surface area contributed by atoms with Crippen molar-refractivity contribution in [2.24, 2.45) is 0 Å². The number of rotatable bonds is 2. The van der Waals surface area contributed by atoms with Gasteiger partial charge >= 0.3 is 0 Å². The molecule has 0 spiro atoms. The summed E-state index contributed by atoms with van der Waals surface area (Å²) in [6, 6.07) is 24.3. The lowest BCUT2D eigenvalue weighted by Crippen LogP contribution is -1.82. The summed E-state index contributed by atoms with van der Waals surface area (Å²) < 4.78 is 0. The zero-order chi connectivity index (χ0) is 13.9. The Balaban J connectivity index is 1.97. The molecule has 0 bridgehead atoms. The van der Waals surface area contributed by atoms with E-state index in [4.69, 9.17) is 0 Å². The van der Waals surface area contributed by atoms with Gasteiger partial charge in [0.2, 0.25) is 0 Å². The molecule has 0 aliphatic carbocycles. The van der Waals surface area contributed by atoms with Gasteiger partial charge in [-0.2, -0.15) is 0 Å². The summed E-state index contributed by atoms with van der Waals surface area (Å²) in [6.07, 6.45) is 0. The molecule has 1 heteroatoms. The highest BCUT2D eigenvalue weighted by atomic mass is 16.3. The topological polar surface area (TPSA) is 20.2 Å². The SMILES string of the molecule is Cc1ccc(-c2ccc(-c3ccccc3)cc2)c(O)c1. The van der Waals surface area contributed by atoms with Crippen LogP contribution in [0.25, 0.3) is 22.3 Å². The van der Waals surface area contributed by atoms with Gasteiger partial charge in [0.25, 0.3) is 0 Å². The largest absolute Gasteiger partial charge is 0.507 e. The lowest BCUT2D eigenvalue weighted by molar-refractivity contribution is 0.477. The maximum atomic E-state index is 10.0. The van der Waals surface area contributed by atoms with Crippen molar-refractivity contribution in [2.45, 2.75) is 6.92 Å². The van der Waals surface area contributed by atoms with Crippen LogP contribution in [0.2, 0.25) is 0 Å². The summed E-state index contributed by atoms with van der Waals surface area (Å²) in [7, 11) is 0. The van der Waals surface area contributed by atoms with Crippen LogP contribution in [0.4, 0.5) is 0 Å². The number of benzene rings is 3. The Morgan fingerprint density at radius 3 is 1.90 bits per heavy atom. The van der Waals surface area contributed by atoms with Gasteiger partial charge in [-0.05, 0) is 35.2 Å². The average molecular weight is 260 g/mol. The van der Waals surface area contributed by atoms with Crippen molar-refractivity contribution in [3.05, 3.63) is 78.4 Å². The molecule has 0 atom stereocenters. The molecule has 0 aromatic heterocycles. The third-order valence-corrected chi connectivity index (χ3v) is 3.46. The predicted molar refractivity (Wildman–Crippen MR) is 83.7 cm³/mol. The molecule has 3 rings (SSSR count). The average Bonchev–Trinajstić information content (AvgIpc) is 2.48. The summed E-state index contributed by atoms with van der Waals surface area (Å²) in [5, 5.41) is 10.0. The fourth-order valence-electron chi connectivity index (χ4n) is 2.36. The molecule has 1 N–H and O–H groups in total. The van der Waals surface area contributed by atoms with E-state index in [1.807, 2.05) is 49.4 Å². The van der Waals surface area contributed by atoms with Gasteiger partial charge in [0, 0.05) is 5.56 Å². The third-order valence-electron chi connectivity index (χ3n) is 3.46. The van der Waals surface area contributed by atoms with Crippen molar-refractivity contribution in [3.8, 4) is 28.0 Å². The molecule has 0 saturated heterocycles. The number of hydrogen-bond donors (Lipinski definition) is 1. The fourth-order valence-corrected chi connectivity index (χ4v) is 2.36. The van der Waals surface area contributed by atoms with Crippen molar-refractivity contribution in [1.29, 1.82) is 0 Å². The number of hydrogen-bond acceptors (Lipinski definition) is 1. The van der Waals surface area contributed by atoms with Gasteiger partial charge in [0.15, 0.2) is 0 Å². The molecule has 20 heavy (non-hydrogen) atoms. The van der Waals surface area contributed by atoms with Gasteiger partial charge < -0.3 is 5.11 Å². The van der Waals surface area contributed by atoms with Crippen molar-refractivity contribution < 1.29 is 5.11 Å². The van der Waals surface area contributed by atoms with E-state index in [1.54, 1.807) is 6.07 Å². The predicted octanol–water partition coefficient (Wildman–Crippen LogP) is 5.03. The Hall–Kier alpha value is -2.54. The van der Waals surface area contributed by atoms with Crippen LogP contribution in [0.15, 0.2) is 72.8 Å². The number of aromatic hydroxyl groups is 1. The monoisotopic (exact) mass is 260 g/mol. The second-order valence-electron chi connectivity index (χ2n) is 4.96. The van der Waals surface area contributed by atoms with Crippen molar-refractivity contribution >= 4 is 0 Å². The molecular formula is C19H16O. The Kier molecular flexibility index (Phi) is 3.26. The van der Waals surface area contributed by atoms with Gasteiger partial charge in [0.05, 0.1) is 0 Å². The van der Waals surface area contributed by atoms with E-state index in [-0.39, 0.29) is 0 Å². The van der Waals surface area contributed by atoms with Crippen molar-refractivity contribution in [2.75, 3.05) is 0 Å². The summed E-state index contributed by atoms with van der Waals surface area (Å²) in [4.78, 5) is 0. The molecule has 0 heterocycles. The molecule has 1 nitrogen and oxygen atoms in total. The Morgan fingerprint density at radius 2 is 1.25 bits per heavy atom. The lowest BCUT2D eigenvalue weighted by Gasteiger charge is -2.07. The molecule has 0 fully saturated rings. The summed E-state index contributed by atoms with van der Waals surface area (Å²) >= 11 is 0. The van der Waals surface area contributed by atoms with Crippen LogP contribution in [-0.2, 0) is 0 Å². The van der Waals surface area contributed by atoms with Gasteiger partial charge in [0.1, 0.15) is 5.75 Å². The third kappa shape index (κ3) is 2.43. The molecule has 0 aliphatic rings. The van der Waals surface area contributed by atoms with Crippen LogP contribution in [0.1, 0.15) is 5.56 Å². The van der Waals surface area contributed by atoms with E-state index in [2.05, 4.69) is 24.3 Å². The summed E-state index contributed by atoms with van der Waals surface area (Å²) in [6.45, 7) is 1.97. The van der Waals surface area contributed by atoms with Gasteiger partial charge in [-0.3, -0.25) is 0 Å². The first-order valence-electron chi connectivity index (χ1n) is 6.69. The Labute approximate surface area is 119 Å². The molecule has 0 radical (unpaired) electrons. The summed E-state index contributed by atoms with van der Waals surface area (Å²) in [5.74, 6) is 0.331. The van der Waals surface area contributed by atoms with Crippen LogP contribution >= 0.6 is 0 Å². The molecule has 98 valence electrons. The normalized spacial score (nSPS) is 10.4. The molecule has 3 aromatic carbocycles. The summed E-state index contributed by atoms with van der Waals surface area (Å²) in [5.41, 5.74) is 5.35. The van der Waals surface area contributed by atoms with Gasteiger partial charge in [-0.1, -0.05) is 66.7 Å². The number of aryl methyl sites for hydroxylation is 1. The highest BCUT2D eigenvalue weighted by Gasteiger charge is 2.04. The minimum absolute atomic E-state index is 0.331. The highest BCUT2D eigenvalue weighted by molar-refractivity contribution is 5.74. The van der Waals surface area contributed by atoms with E-state index < -0.39 is 0 Å². The van der Waals surface area contributed by atoms with E-state index >= 15 is 0 Å². The molecule has 0 unspecified atom stereocenters. The second-order valence-corrected chi connectivity index (χ2v) is 4.96. The van der Waals surface area contributed by atoms with Crippen LogP contribution in [0.5, 0.6) is 5.75 Å². The van der Waals surface area contributed by atoms with Crippen LogP contribution < -0.4 is 0 Å². The number of phenols is 1. The zero-order valence-electron chi connectivity index (χ0n) is 11.4. The maximum absolute atomic E-state index is 10.0. The zero-order valence-corrected chi connectivity index (χ0v) is 11.4. The first-order valence-corrected chi connectivity index (χ1v) is 6.69. The van der Waals surface area contributed by atoms with Crippen molar-refractivity contribution in [3.63, 3.8) is 0 Å². The molecular weight excluding hydrogens is 244 g/mol. The number of phenolic OH excluding ortho intramolecular Hbond substituents is 1. The molecule has 0 aliphatic heterocycles. The van der Waals surface area contributed by atoms with E-state index in [1.165, 1.54) is 11.1 Å². The van der Waals surface area contributed by atoms with Crippen LogP contribution in [0, 0.1) is 6.92 Å². The van der Waals surface area contributed by atoms with Gasteiger partial charge in [-0.25, -0.2) is 0 Å². The fraction of sp³-hybridized carbons (Fsp3) is 0.0526. The second kappa shape index (κ2) is 5.22. The van der Waals surface area contributed by atoms with E-state index in [9.17, 15) is 5.11 Å². The first kappa shape index (κ1) is 12.5. The smallest absolute Gasteiger partial charge is 0.123 e. The Bertz CT molecular complexity index is 713. The van der Waals surface area contributed by atoms with Gasteiger partial charge in [-0.15, -0.1) is 0 Å². The van der Waals surface area contributed by atoms with Crippen LogP contribution in [-0.4, -0.2) is 5.11 Å². The highest BCUT2D eigenvalue weighted by Crippen LogP contribution is 2.31. The molecule has 0 saturated carbocycles. The maximum Gasteiger partial charge on any atom is 0.123 e. The minimum atomic E-state index is 0.331. The Morgan fingerprint density at radius 1 is 0.650 bits per heavy atom. The first-order chi connectivity index (χ1) is 9.74.